The highest BCUT2D eigenvalue weighted by Gasteiger charge is 1.98. The highest BCUT2D eigenvalue weighted by Crippen LogP contribution is 2.08. The fourth-order valence-corrected chi connectivity index (χ4v) is 0. The van der Waals surface area contributed by atoms with Crippen LogP contribution in [0.15, 0.2) is 12.2 Å². The molecule has 0 rings (SSSR count). The van der Waals surface area contributed by atoms with Crippen LogP contribution >= 0.6 is 0 Å². The average Bonchev–Trinajstić information content (AvgIpc) is 1.36. The van der Waals surface area contributed by atoms with Gasteiger partial charge in [-0.1, -0.05) is 0 Å². The van der Waals surface area contributed by atoms with E-state index in [0.29, 0.717) is 0 Å². The van der Waals surface area contributed by atoms with Crippen molar-refractivity contribution in [1.29, 1.82) is 0 Å². The third kappa shape index (κ3) is 5.68. The van der Waals surface area contributed by atoms with Gasteiger partial charge in [-0.25, -0.2) is 0 Å². The van der Waals surface area contributed by atoms with Crippen LogP contribution in [-0.2, 0) is 0 Å². The molecule has 0 saturated carbocycles. The summed E-state index contributed by atoms with van der Waals surface area (Å²) in [6, 6.07) is 0. The van der Waals surface area contributed by atoms with E-state index in [1.807, 2.05) is 0 Å². The molecular formula is C2H4F4Si. The summed E-state index contributed by atoms with van der Waals surface area (Å²) in [6.07, 6.45) is -5.81. The summed E-state index contributed by atoms with van der Waals surface area (Å²) >= 11 is 0. The van der Waals surface area contributed by atoms with Gasteiger partial charge < -0.3 is 0 Å². The minimum absolute atomic E-state index is 0. The van der Waals surface area contributed by atoms with Gasteiger partial charge in [0.25, 0.3) is 0 Å². The summed E-state index contributed by atoms with van der Waals surface area (Å²) in [5.41, 5.74) is 0. The van der Waals surface area contributed by atoms with E-state index in [-0.39, 0.29) is 11.0 Å². The van der Waals surface area contributed by atoms with Crippen molar-refractivity contribution >= 4 is 11.0 Å². The molecule has 0 saturated heterocycles. The number of halogens is 4. The lowest BCUT2D eigenvalue weighted by Crippen LogP contribution is -1.56. The van der Waals surface area contributed by atoms with Crippen molar-refractivity contribution in [3.8, 4) is 0 Å². The van der Waals surface area contributed by atoms with Gasteiger partial charge in [0.1, 0.15) is 0 Å². The third-order valence-electron chi connectivity index (χ3n) is 0.143. The number of hydrogen-bond acceptors (Lipinski definition) is 0. The SMILES string of the molecule is FC(F)=C(F)F.[SiH4]. The molecule has 0 aromatic heterocycles. The van der Waals surface area contributed by atoms with Gasteiger partial charge in [-0.2, -0.15) is 17.6 Å². The summed E-state index contributed by atoms with van der Waals surface area (Å²) < 4.78 is 41.1. The second-order valence-corrected chi connectivity index (χ2v) is 0.521. The zero-order valence-corrected chi connectivity index (χ0v) is 2.51. The van der Waals surface area contributed by atoms with Crippen LogP contribution in [-0.4, -0.2) is 11.0 Å². The zero-order valence-electron chi connectivity index (χ0n) is 2.51. The Morgan fingerprint density at radius 2 is 0.857 bits per heavy atom. The van der Waals surface area contributed by atoms with E-state index in [1.165, 1.54) is 0 Å². The third-order valence-corrected chi connectivity index (χ3v) is 0.143. The van der Waals surface area contributed by atoms with Crippen LogP contribution in [0, 0.1) is 0 Å². The van der Waals surface area contributed by atoms with Gasteiger partial charge in [0.05, 0.1) is 0 Å². The summed E-state index contributed by atoms with van der Waals surface area (Å²) in [4.78, 5) is 0. The van der Waals surface area contributed by atoms with Gasteiger partial charge in [-0.15, -0.1) is 0 Å². The molecule has 0 unspecified atom stereocenters. The van der Waals surface area contributed by atoms with Crippen molar-refractivity contribution in [3.05, 3.63) is 12.2 Å². The first-order valence-electron chi connectivity index (χ1n) is 1.01. The Morgan fingerprint density at radius 1 is 0.714 bits per heavy atom. The second-order valence-electron chi connectivity index (χ2n) is 0.521. The lowest BCUT2D eigenvalue weighted by atomic mass is 11.1. The molecule has 0 fully saturated rings. The smallest absolute Gasteiger partial charge is 0.167 e. The summed E-state index contributed by atoms with van der Waals surface area (Å²) in [5, 5.41) is 0. The molecule has 0 aromatic carbocycles. The van der Waals surface area contributed by atoms with E-state index in [9.17, 15) is 17.6 Å². The molecule has 0 aliphatic rings. The highest BCUT2D eigenvalue weighted by molar-refractivity contribution is 5.75. The molecule has 44 valence electrons. The molecule has 0 aromatic rings. The van der Waals surface area contributed by atoms with Crippen LogP contribution in [0.25, 0.3) is 0 Å². The first kappa shape index (κ1) is 9.84. The Kier molecular flexibility index (Phi) is 5.41. The van der Waals surface area contributed by atoms with E-state index in [2.05, 4.69) is 0 Å². The summed E-state index contributed by atoms with van der Waals surface area (Å²) in [5.74, 6) is 0. The lowest BCUT2D eigenvalue weighted by molar-refractivity contribution is 0.308. The van der Waals surface area contributed by atoms with Crippen LogP contribution in [0.2, 0.25) is 0 Å². The van der Waals surface area contributed by atoms with E-state index in [0.717, 1.165) is 0 Å². The molecule has 0 aliphatic heterocycles. The molecular weight excluding hydrogens is 128 g/mol. The number of hydrogen-bond donors (Lipinski definition) is 0. The van der Waals surface area contributed by atoms with Crippen LogP contribution in [0.3, 0.4) is 0 Å². The normalized spacial score (nSPS) is 6.86. The predicted octanol–water partition coefficient (Wildman–Crippen LogP) is 0.539. The summed E-state index contributed by atoms with van der Waals surface area (Å²) in [7, 11) is 0. The van der Waals surface area contributed by atoms with Crippen LogP contribution in [0.4, 0.5) is 17.6 Å². The molecule has 0 radical (unpaired) electrons. The Hall–Kier alpha value is -0.323. The number of rotatable bonds is 0. The zero-order chi connectivity index (χ0) is 5.15. The van der Waals surface area contributed by atoms with E-state index in [4.69, 9.17) is 0 Å². The fourth-order valence-electron chi connectivity index (χ4n) is 0. The quantitative estimate of drug-likeness (QED) is 0.333. The first-order chi connectivity index (χ1) is 2.64. The van der Waals surface area contributed by atoms with Gasteiger partial charge in [0, 0.05) is 0 Å². The Morgan fingerprint density at radius 3 is 0.857 bits per heavy atom. The maximum Gasteiger partial charge on any atom is 0.334 e. The fraction of sp³-hybridized carbons (Fsp3) is 0. The average molecular weight is 132 g/mol. The van der Waals surface area contributed by atoms with E-state index >= 15 is 0 Å². The largest absolute Gasteiger partial charge is 0.334 e. The molecule has 0 atom stereocenters. The second kappa shape index (κ2) is 3.85. The van der Waals surface area contributed by atoms with Gasteiger partial charge in [-0.3, -0.25) is 0 Å². The Labute approximate surface area is 41.9 Å². The van der Waals surface area contributed by atoms with Crippen molar-refractivity contribution in [2.75, 3.05) is 0 Å². The van der Waals surface area contributed by atoms with Crippen molar-refractivity contribution in [2.24, 2.45) is 0 Å². The minimum Gasteiger partial charge on any atom is -0.167 e. The van der Waals surface area contributed by atoms with Gasteiger partial charge in [-0.05, 0) is 11.0 Å². The molecule has 7 heavy (non-hydrogen) atoms. The lowest BCUT2D eigenvalue weighted by Gasteiger charge is -1.69. The van der Waals surface area contributed by atoms with Crippen molar-refractivity contribution in [2.45, 2.75) is 0 Å². The van der Waals surface area contributed by atoms with Crippen molar-refractivity contribution in [1.82, 2.24) is 0 Å². The Balaban J connectivity index is 0. The van der Waals surface area contributed by atoms with Crippen molar-refractivity contribution < 1.29 is 17.6 Å². The van der Waals surface area contributed by atoms with Gasteiger partial charge in [0.15, 0.2) is 0 Å². The molecule has 0 heterocycles. The van der Waals surface area contributed by atoms with Crippen molar-refractivity contribution in [3.63, 3.8) is 0 Å². The predicted molar refractivity (Wildman–Crippen MR) is 22.8 cm³/mol. The first-order valence-corrected chi connectivity index (χ1v) is 1.01. The molecule has 0 amide bonds. The maximum atomic E-state index is 10.3. The van der Waals surface area contributed by atoms with E-state index in [1.54, 1.807) is 0 Å². The maximum absolute atomic E-state index is 10.3. The topological polar surface area (TPSA) is 0 Å². The van der Waals surface area contributed by atoms with Crippen LogP contribution < -0.4 is 0 Å². The molecule has 0 N–H and O–H groups in total. The minimum atomic E-state index is -2.91. The molecule has 5 heteroatoms. The standard InChI is InChI=1S/C2F4.H4Si/c3-1(4)2(5)6;/h;1H4. The summed E-state index contributed by atoms with van der Waals surface area (Å²) in [6.45, 7) is 0. The molecule has 0 spiro atoms. The monoisotopic (exact) mass is 132 g/mol. The van der Waals surface area contributed by atoms with Crippen LogP contribution in [0.1, 0.15) is 0 Å². The van der Waals surface area contributed by atoms with Crippen LogP contribution in [0.5, 0.6) is 0 Å². The van der Waals surface area contributed by atoms with E-state index < -0.39 is 12.2 Å². The van der Waals surface area contributed by atoms with Gasteiger partial charge in [0.2, 0.25) is 0 Å². The molecule has 0 nitrogen and oxygen atoms in total. The van der Waals surface area contributed by atoms with Gasteiger partial charge >= 0.3 is 12.2 Å². The molecule has 0 aliphatic carbocycles. The highest BCUT2D eigenvalue weighted by atomic mass is 28.1. The Bertz CT molecular complexity index is 59.8. The molecule has 0 bridgehead atoms.